The minimum atomic E-state index is -3.47. The van der Waals surface area contributed by atoms with Gasteiger partial charge in [0.1, 0.15) is 5.75 Å². The van der Waals surface area contributed by atoms with Crippen LogP contribution in [0.2, 0.25) is 0 Å². The molecule has 0 spiro atoms. The number of nitrogens with one attached hydrogen (secondary N) is 1. The normalized spacial score (nSPS) is 11.2. The van der Waals surface area contributed by atoms with Gasteiger partial charge in [0.2, 0.25) is 10.0 Å². The molecule has 0 aliphatic heterocycles. The first-order chi connectivity index (χ1) is 9.86. The average Bonchev–Trinajstić information content (AvgIpc) is 2.45. The lowest BCUT2D eigenvalue weighted by Crippen LogP contribution is -2.27. The fourth-order valence-electron chi connectivity index (χ4n) is 1.46. The van der Waals surface area contributed by atoms with Gasteiger partial charge >= 0.3 is 0 Å². The SMILES string of the molecule is CCCCNS(=O)(=O)c1ccc(OCC(=O)N(C)C)cc1. The summed E-state index contributed by atoms with van der Waals surface area (Å²) >= 11 is 0. The Morgan fingerprint density at radius 3 is 2.38 bits per heavy atom. The third-order valence-electron chi connectivity index (χ3n) is 2.82. The van der Waals surface area contributed by atoms with Crippen molar-refractivity contribution in [1.29, 1.82) is 0 Å². The van der Waals surface area contributed by atoms with Crippen LogP contribution in [0, 0.1) is 0 Å². The molecular formula is C14H22N2O4S. The van der Waals surface area contributed by atoms with Crippen molar-refractivity contribution in [3.05, 3.63) is 24.3 Å². The van der Waals surface area contributed by atoms with E-state index in [-0.39, 0.29) is 17.4 Å². The predicted octanol–water partition coefficient (Wildman–Crippen LogP) is 1.23. The van der Waals surface area contributed by atoms with Crippen molar-refractivity contribution in [2.75, 3.05) is 27.2 Å². The highest BCUT2D eigenvalue weighted by molar-refractivity contribution is 7.89. The number of ether oxygens (including phenoxy) is 1. The van der Waals surface area contributed by atoms with Crippen LogP contribution in [-0.4, -0.2) is 46.5 Å². The molecule has 0 aliphatic rings. The number of rotatable bonds is 8. The number of carbonyl (C=O) groups excluding carboxylic acids is 1. The highest BCUT2D eigenvalue weighted by Gasteiger charge is 2.13. The number of hydrogen-bond donors (Lipinski definition) is 1. The van der Waals surface area contributed by atoms with E-state index in [0.717, 1.165) is 12.8 Å². The van der Waals surface area contributed by atoms with Crippen molar-refractivity contribution in [3.63, 3.8) is 0 Å². The molecule has 1 amide bonds. The molecule has 7 heteroatoms. The maximum Gasteiger partial charge on any atom is 0.259 e. The van der Waals surface area contributed by atoms with Gasteiger partial charge in [0.05, 0.1) is 4.90 Å². The number of likely N-dealkylation sites (N-methyl/N-ethyl adjacent to an activating group) is 1. The number of sulfonamides is 1. The topological polar surface area (TPSA) is 75.7 Å². The summed E-state index contributed by atoms with van der Waals surface area (Å²) in [4.78, 5) is 13.0. The van der Waals surface area contributed by atoms with E-state index in [2.05, 4.69) is 4.72 Å². The molecule has 0 aromatic heterocycles. The van der Waals surface area contributed by atoms with Crippen LogP contribution in [0.5, 0.6) is 5.75 Å². The third kappa shape index (κ3) is 5.73. The van der Waals surface area contributed by atoms with E-state index >= 15 is 0 Å². The molecule has 0 unspecified atom stereocenters. The summed E-state index contributed by atoms with van der Waals surface area (Å²) in [5.41, 5.74) is 0. The summed E-state index contributed by atoms with van der Waals surface area (Å²) in [6, 6.07) is 6.00. The van der Waals surface area contributed by atoms with E-state index in [1.54, 1.807) is 14.1 Å². The molecule has 1 aromatic rings. The molecule has 0 saturated heterocycles. The van der Waals surface area contributed by atoms with Crippen molar-refractivity contribution in [2.45, 2.75) is 24.7 Å². The summed E-state index contributed by atoms with van der Waals surface area (Å²) in [7, 11) is -0.190. The second-order valence-corrected chi connectivity index (χ2v) is 6.57. The molecule has 1 aromatic carbocycles. The van der Waals surface area contributed by atoms with Gasteiger partial charge in [-0.3, -0.25) is 4.79 Å². The van der Waals surface area contributed by atoms with Crippen LogP contribution in [0.25, 0.3) is 0 Å². The van der Waals surface area contributed by atoms with E-state index in [9.17, 15) is 13.2 Å². The molecule has 0 radical (unpaired) electrons. The van der Waals surface area contributed by atoms with Gasteiger partial charge in [-0.15, -0.1) is 0 Å². The lowest BCUT2D eigenvalue weighted by Gasteiger charge is -2.11. The minimum Gasteiger partial charge on any atom is -0.484 e. The molecule has 0 fully saturated rings. The molecule has 0 aliphatic carbocycles. The van der Waals surface area contributed by atoms with Crippen molar-refractivity contribution in [1.82, 2.24) is 9.62 Å². The number of nitrogens with zero attached hydrogens (tertiary/aromatic N) is 1. The molecule has 118 valence electrons. The molecule has 21 heavy (non-hydrogen) atoms. The number of amides is 1. The number of hydrogen-bond acceptors (Lipinski definition) is 4. The van der Waals surface area contributed by atoms with E-state index in [0.29, 0.717) is 12.3 Å². The lowest BCUT2D eigenvalue weighted by molar-refractivity contribution is -0.130. The Kier molecular flexibility index (Phi) is 6.64. The first kappa shape index (κ1) is 17.5. The zero-order valence-corrected chi connectivity index (χ0v) is 13.4. The molecule has 1 N–H and O–H groups in total. The monoisotopic (exact) mass is 314 g/mol. The lowest BCUT2D eigenvalue weighted by atomic mass is 10.3. The summed E-state index contributed by atoms with van der Waals surface area (Å²) < 4.78 is 31.7. The maximum atomic E-state index is 12.0. The summed E-state index contributed by atoms with van der Waals surface area (Å²) in [5, 5.41) is 0. The molecule has 1 rings (SSSR count). The summed E-state index contributed by atoms with van der Waals surface area (Å²) in [6.07, 6.45) is 1.72. The first-order valence-corrected chi connectivity index (χ1v) is 8.28. The zero-order chi connectivity index (χ0) is 15.9. The standard InChI is InChI=1S/C14H22N2O4S/c1-4-5-10-15-21(18,19)13-8-6-12(7-9-13)20-11-14(17)16(2)3/h6-9,15H,4-5,10-11H2,1-3H3. The van der Waals surface area contributed by atoms with Gasteiger partial charge in [0, 0.05) is 20.6 Å². The summed E-state index contributed by atoms with van der Waals surface area (Å²) in [6.45, 7) is 2.34. The largest absolute Gasteiger partial charge is 0.484 e. The Bertz CT molecular complexity index is 553. The Labute approximate surface area is 126 Å². The second-order valence-electron chi connectivity index (χ2n) is 4.80. The smallest absolute Gasteiger partial charge is 0.259 e. The zero-order valence-electron chi connectivity index (χ0n) is 12.6. The molecular weight excluding hydrogens is 292 g/mol. The van der Waals surface area contributed by atoms with Crippen molar-refractivity contribution in [2.24, 2.45) is 0 Å². The van der Waals surface area contributed by atoms with Gasteiger partial charge in [-0.1, -0.05) is 13.3 Å². The van der Waals surface area contributed by atoms with Crippen molar-refractivity contribution in [3.8, 4) is 5.75 Å². The van der Waals surface area contributed by atoms with Gasteiger partial charge in [-0.25, -0.2) is 13.1 Å². The second kappa shape index (κ2) is 7.99. The molecule has 0 saturated carbocycles. The van der Waals surface area contributed by atoms with Crippen LogP contribution in [0.3, 0.4) is 0 Å². The fraction of sp³-hybridized carbons (Fsp3) is 0.500. The first-order valence-electron chi connectivity index (χ1n) is 6.79. The minimum absolute atomic E-state index is 0.0755. The predicted molar refractivity (Wildman–Crippen MR) is 80.7 cm³/mol. The quantitative estimate of drug-likeness (QED) is 0.732. The number of unbranched alkanes of at least 4 members (excludes halogenated alkanes) is 1. The molecule has 0 heterocycles. The van der Waals surface area contributed by atoms with Crippen LogP contribution in [-0.2, 0) is 14.8 Å². The Hall–Kier alpha value is -1.60. The highest BCUT2D eigenvalue weighted by atomic mass is 32.2. The average molecular weight is 314 g/mol. The van der Waals surface area contributed by atoms with Gasteiger partial charge in [-0.05, 0) is 30.7 Å². The van der Waals surface area contributed by atoms with Gasteiger partial charge < -0.3 is 9.64 Å². The van der Waals surface area contributed by atoms with Crippen LogP contribution in [0.1, 0.15) is 19.8 Å². The molecule has 0 atom stereocenters. The van der Waals surface area contributed by atoms with E-state index in [1.165, 1.54) is 29.2 Å². The van der Waals surface area contributed by atoms with E-state index in [1.807, 2.05) is 6.92 Å². The van der Waals surface area contributed by atoms with Crippen molar-refractivity contribution < 1.29 is 17.9 Å². The molecule has 0 bridgehead atoms. The highest BCUT2D eigenvalue weighted by Crippen LogP contribution is 2.16. The van der Waals surface area contributed by atoms with Crippen LogP contribution in [0.4, 0.5) is 0 Å². The van der Waals surface area contributed by atoms with E-state index in [4.69, 9.17) is 4.74 Å². The number of benzene rings is 1. The maximum absolute atomic E-state index is 12.0. The van der Waals surface area contributed by atoms with Crippen LogP contribution >= 0.6 is 0 Å². The van der Waals surface area contributed by atoms with E-state index < -0.39 is 10.0 Å². The summed E-state index contributed by atoms with van der Waals surface area (Å²) in [5.74, 6) is 0.297. The Morgan fingerprint density at radius 2 is 1.86 bits per heavy atom. The van der Waals surface area contributed by atoms with Crippen LogP contribution < -0.4 is 9.46 Å². The molecule has 6 nitrogen and oxygen atoms in total. The van der Waals surface area contributed by atoms with Gasteiger partial charge in [0.15, 0.2) is 6.61 Å². The third-order valence-corrected chi connectivity index (χ3v) is 4.29. The fourth-order valence-corrected chi connectivity index (χ4v) is 2.53. The van der Waals surface area contributed by atoms with Crippen molar-refractivity contribution >= 4 is 15.9 Å². The number of carbonyl (C=O) groups is 1. The van der Waals surface area contributed by atoms with Gasteiger partial charge in [0.25, 0.3) is 5.91 Å². The Morgan fingerprint density at radius 1 is 1.24 bits per heavy atom. The van der Waals surface area contributed by atoms with Crippen LogP contribution in [0.15, 0.2) is 29.2 Å². The van der Waals surface area contributed by atoms with Gasteiger partial charge in [-0.2, -0.15) is 0 Å². The Balaban J connectivity index is 2.63.